The van der Waals surface area contributed by atoms with Crippen molar-refractivity contribution in [2.45, 2.75) is 24.4 Å². The van der Waals surface area contributed by atoms with Gasteiger partial charge in [-0.15, -0.1) is 0 Å². The SMILES string of the molecule is COC1=NC(C(=O)c2ccccc2)=CCC=C1C(c1ccccc1)C(O)(CCN(C)C)c1cccc2ccccc12. The molecule has 1 N–H and O–H groups in total. The maximum Gasteiger partial charge on any atom is 0.217 e. The minimum absolute atomic E-state index is 0.164. The van der Waals surface area contributed by atoms with Crippen molar-refractivity contribution < 1.29 is 14.6 Å². The number of carbonyl (C=O) groups excluding carboxylic acids is 1. The average molecular weight is 545 g/mol. The summed E-state index contributed by atoms with van der Waals surface area (Å²) in [5.74, 6) is -0.355. The standard InChI is InChI=1S/C36H36N2O3/c1-38(2)25-24-36(40,31-22-12-19-26-14-10-11-20-29(26)31)33(27-15-6-4-7-16-27)30-21-13-23-32(37-35(30)41-3)34(39)28-17-8-5-9-18-28/h4-12,14-23,33,40H,13,24-25H2,1-3H3. The second-order valence-corrected chi connectivity index (χ2v) is 10.6. The summed E-state index contributed by atoms with van der Waals surface area (Å²) in [5, 5.41) is 15.2. The average Bonchev–Trinajstić information content (AvgIpc) is 3.23. The number of aliphatic imine (C=N–C) groups is 1. The van der Waals surface area contributed by atoms with Crippen LogP contribution < -0.4 is 0 Å². The number of rotatable bonds is 9. The van der Waals surface area contributed by atoms with Crippen LogP contribution in [0, 0.1) is 0 Å². The van der Waals surface area contributed by atoms with Gasteiger partial charge in [-0.2, -0.15) is 0 Å². The minimum Gasteiger partial charge on any atom is -0.481 e. The highest BCUT2D eigenvalue weighted by atomic mass is 16.5. The van der Waals surface area contributed by atoms with Crippen LogP contribution in [0.25, 0.3) is 10.8 Å². The van der Waals surface area contributed by atoms with Gasteiger partial charge in [-0.25, -0.2) is 4.99 Å². The Labute approximate surface area is 242 Å². The van der Waals surface area contributed by atoms with E-state index in [2.05, 4.69) is 23.1 Å². The molecular weight excluding hydrogens is 508 g/mol. The number of hydrogen-bond donors (Lipinski definition) is 1. The largest absolute Gasteiger partial charge is 0.481 e. The number of fused-ring (bicyclic) bond motifs is 1. The fourth-order valence-electron chi connectivity index (χ4n) is 5.68. The summed E-state index contributed by atoms with van der Waals surface area (Å²) >= 11 is 0. The van der Waals surface area contributed by atoms with Crippen LogP contribution >= 0.6 is 0 Å². The number of ether oxygens (including phenoxy) is 1. The number of carbonyl (C=O) groups is 1. The van der Waals surface area contributed by atoms with Crippen LogP contribution in [0.4, 0.5) is 0 Å². The van der Waals surface area contributed by atoms with Gasteiger partial charge in [-0.1, -0.05) is 115 Å². The number of aliphatic hydroxyl groups is 1. The summed E-state index contributed by atoms with van der Waals surface area (Å²) in [6, 6.07) is 33.4. The Hall–Kier alpha value is -4.32. The molecule has 1 heterocycles. The molecule has 0 aliphatic carbocycles. The Morgan fingerprint density at radius 3 is 2.27 bits per heavy atom. The summed E-state index contributed by atoms with van der Waals surface area (Å²) in [6.07, 6.45) is 4.81. The van der Waals surface area contributed by atoms with Crippen LogP contribution in [-0.4, -0.2) is 49.4 Å². The molecule has 0 saturated heterocycles. The van der Waals surface area contributed by atoms with Crippen molar-refractivity contribution in [3.8, 4) is 0 Å². The van der Waals surface area contributed by atoms with E-state index in [9.17, 15) is 9.90 Å². The van der Waals surface area contributed by atoms with E-state index in [1.165, 1.54) is 0 Å². The van der Waals surface area contributed by atoms with E-state index in [4.69, 9.17) is 9.73 Å². The van der Waals surface area contributed by atoms with Gasteiger partial charge in [-0.05, 0) is 48.8 Å². The lowest BCUT2D eigenvalue weighted by molar-refractivity contribution is 0.00561. The Morgan fingerprint density at radius 2 is 1.56 bits per heavy atom. The highest BCUT2D eigenvalue weighted by Crippen LogP contribution is 2.47. The number of Topliss-reactive ketones (excluding diaryl/α,β-unsaturated/α-hetero) is 1. The van der Waals surface area contributed by atoms with E-state index < -0.39 is 11.5 Å². The van der Waals surface area contributed by atoms with E-state index in [1.54, 1.807) is 19.2 Å². The molecule has 208 valence electrons. The number of benzene rings is 4. The van der Waals surface area contributed by atoms with Crippen molar-refractivity contribution in [2.24, 2.45) is 4.99 Å². The summed E-state index contributed by atoms with van der Waals surface area (Å²) in [5.41, 5.74) is 2.11. The maximum absolute atomic E-state index is 13.4. The monoisotopic (exact) mass is 544 g/mol. The zero-order valence-corrected chi connectivity index (χ0v) is 23.8. The van der Waals surface area contributed by atoms with Gasteiger partial charge in [0.15, 0.2) is 0 Å². The van der Waals surface area contributed by atoms with Gasteiger partial charge in [0.25, 0.3) is 0 Å². The molecule has 0 radical (unpaired) electrons. The third kappa shape index (κ3) is 5.92. The maximum atomic E-state index is 13.4. The van der Waals surface area contributed by atoms with E-state index in [1.807, 2.05) is 99.0 Å². The lowest BCUT2D eigenvalue weighted by Crippen LogP contribution is -2.39. The molecule has 4 aromatic rings. The number of ketones is 1. The molecule has 2 unspecified atom stereocenters. The number of nitrogens with zero attached hydrogens (tertiary/aromatic N) is 2. The smallest absolute Gasteiger partial charge is 0.217 e. The fourth-order valence-corrected chi connectivity index (χ4v) is 5.68. The molecule has 4 aromatic carbocycles. The van der Waals surface area contributed by atoms with Crippen LogP contribution in [0.1, 0.15) is 40.2 Å². The number of hydrogen-bond acceptors (Lipinski definition) is 5. The molecule has 0 amide bonds. The van der Waals surface area contributed by atoms with Gasteiger partial charge in [-0.3, -0.25) is 4.79 Å². The van der Waals surface area contributed by atoms with Gasteiger partial charge < -0.3 is 14.7 Å². The zero-order chi connectivity index (χ0) is 28.8. The highest BCUT2D eigenvalue weighted by molar-refractivity contribution is 6.11. The van der Waals surface area contributed by atoms with E-state index in [0.717, 1.165) is 27.5 Å². The van der Waals surface area contributed by atoms with Gasteiger partial charge in [0.05, 0.1) is 7.11 Å². The van der Waals surface area contributed by atoms with Crippen molar-refractivity contribution in [2.75, 3.05) is 27.7 Å². The van der Waals surface area contributed by atoms with E-state index >= 15 is 0 Å². The quantitative estimate of drug-likeness (QED) is 0.233. The first kappa shape index (κ1) is 28.2. The minimum atomic E-state index is -1.33. The molecule has 0 aromatic heterocycles. The van der Waals surface area contributed by atoms with Gasteiger partial charge in [0.1, 0.15) is 11.3 Å². The molecule has 0 spiro atoms. The molecule has 0 fully saturated rings. The molecule has 5 nitrogen and oxygen atoms in total. The first-order valence-electron chi connectivity index (χ1n) is 14.0. The first-order chi connectivity index (χ1) is 19.9. The first-order valence-corrected chi connectivity index (χ1v) is 14.0. The van der Waals surface area contributed by atoms with Gasteiger partial charge >= 0.3 is 0 Å². The van der Waals surface area contributed by atoms with Gasteiger partial charge in [0, 0.05) is 23.6 Å². The van der Waals surface area contributed by atoms with E-state index in [0.29, 0.717) is 36.5 Å². The Balaban J connectivity index is 1.69. The fraction of sp³-hybridized carbons (Fsp3) is 0.222. The summed E-state index contributed by atoms with van der Waals surface area (Å²) < 4.78 is 5.91. The molecule has 1 aliphatic rings. The van der Waals surface area contributed by atoms with Crippen LogP contribution in [0.5, 0.6) is 0 Å². The predicted molar refractivity (Wildman–Crippen MR) is 166 cm³/mol. The molecule has 5 heteroatoms. The third-order valence-electron chi connectivity index (χ3n) is 7.70. The summed E-state index contributed by atoms with van der Waals surface area (Å²) in [6.45, 7) is 0.659. The van der Waals surface area contributed by atoms with Crippen molar-refractivity contribution in [1.82, 2.24) is 4.90 Å². The van der Waals surface area contributed by atoms with Crippen LogP contribution in [0.2, 0.25) is 0 Å². The van der Waals surface area contributed by atoms with Crippen molar-refractivity contribution in [3.63, 3.8) is 0 Å². The molecule has 2 atom stereocenters. The van der Waals surface area contributed by atoms with Crippen LogP contribution in [0.15, 0.2) is 132 Å². The van der Waals surface area contributed by atoms with Crippen molar-refractivity contribution in [3.05, 3.63) is 143 Å². The number of methoxy groups -OCH3 is 1. The predicted octanol–water partition coefficient (Wildman–Crippen LogP) is 6.90. The van der Waals surface area contributed by atoms with Crippen LogP contribution in [-0.2, 0) is 10.3 Å². The molecule has 0 saturated carbocycles. The molecule has 0 bridgehead atoms. The molecule has 41 heavy (non-hydrogen) atoms. The summed E-state index contributed by atoms with van der Waals surface area (Å²) in [7, 11) is 5.60. The molecule has 1 aliphatic heterocycles. The lowest BCUT2D eigenvalue weighted by Gasteiger charge is -2.40. The molecule has 5 rings (SSSR count). The normalized spacial score (nSPS) is 15.8. The zero-order valence-electron chi connectivity index (χ0n) is 23.8. The van der Waals surface area contributed by atoms with Gasteiger partial charge in [0.2, 0.25) is 11.7 Å². The molecular formula is C36H36N2O3. The third-order valence-corrected chi connectivity index (χ3v) is 7.70. The second kappa shape index (κ2) is 12.5. The lowest BCUT2D eigenvalue weighted by atomic mass is 9.70. The Morgan fingerprint density at radius 1 is 0.902 bits per heavy atom. The highest BCUT2D eigenvalue weighted by Gasteiger charge is 2.44. The van der Waals surface area contributed by atoms with E-state index in [-0.39, 0.29) is 5.78 Å². The van der Waals surface area contributed by atoms with Crippen molar-refractivity contribution in [1.29, 1.82) is 0 Å². The Kier molecular flexibility index (Phi) is 8.58. The topological polar surface area (TPSA) is 62.1 Å². The Bertz CT molecular complexity index is 1600. The van der Waals surface area contributed by atoms with Crippen LogP contribution in [0.3, 0.4) is 0 Å². The summed E-state index contributed by atoms with van der Waals surface area (Å²) in [4.78, 5) is 20.3. The number of allylic oxidation sites excluding steroid dienone is 3. The second-order valence-electron chi connectivity index (χ2n) is 10.6. The van der Waals surface area contributed by atoms with Crippen molar-refractivity contribution >= 4 is 22.5 Å².